The second-order valence-corrected chi connectivity index (χ2v) is 31.4. The largest absolute Gasteiger partial charge is 0.472 e. The lowest BCUT2D eigenvalue weighted by molar-refractivity contribution is -0.161. The zero-order chi connectivity index (χ0) is 71.8. The molecule has 0 spiro atoms. The average Bonchev–Trinajstić information content (AvgIpc) is 1.00. The van der Waals surface area contributed by atoms with Crippen LogP contribution in [0.15, 0.2) is 0 Å². The van der Waals surface area contributed by atoms with Gasteiger partial charge in [0, 0.05) is 25.7 Å². The first-order valence-electron chi connectivity index (χ1n) is 41.3. The first-order valence-corrected chi connectivity index (χ1v) is 44.3. The summed E-state index contributed by atoms with van der Waals surface area (Å²) in [4.78, 5) is 72.8. The summed E-state index contributed by atoms with van der Waals surface area (Å²) in [5.41, 5.74) is 0. The first-order chi connectivity index (χ1) is 47.7. The highest BCUT2D eigenvalue weighted by molar-refractivity contribution is 7.47. The maximum Gasteiger partial charge on any atom is 0.472 e. The Morgan fingerprint density at radius 2 is 0.408 bits per heavy atom. The number of unbranched alkanes of at least 4 members (excludes halogenated alkanes) is 54. The quantitative estimate of drug-likeness (QED) is 0.0222. The molecule has 0 heterocycles. The van der Waals surface area contributed by atoms with Crippen LogP contribution in [0.25, 0.3) is 0 Å². The van der Waals surface area contributed by atoms with Crippen molar-refractivity contribution in [1.82, 2.24) is 0 Å². The van der Waals surface area contributed by atoms with Gasteiger partial charge >= 0.3 is 39.5 Å². The summed E-state index contributed by atoms with van der Waals surface area (Å²) < 4.78 is 68.6. The summed E-state index contributed by atoms with van der Waals surface area (Å²) in [7, 11) is -9.91. The molecule has 98 heavy (non-hydrogen) atoms. The summed E-state index contributed by atoms with van der Waals surface area (Å²) >= 11 is 0. The molecule has 0 amide bonds. The Kier molecular flexibility index (Phi) is 71.9. The Hall–Kier alpha value is -1.94. The third-order valence-electron chi connectivity index (χ3n) is 18.6. The van der Waals surface area contributed by atoms with E-state index in [0.717, 1.165) is 89.9 Å². The second-order valence-electron chi connectivity index (χ2n) is 28.5. The molecular weight excluding hydrogens is 1280 g/mol. The molecule has 0 aromatic carbocycles. The number of esters is 4. The van der Waals surface area contributed by atoms with Crippen molar-refractivity contribution in [3.63, 3.8) is 0 Å². The van der Waals surface area contributed by atoms with E-state index < -0.39 is 97.5 Å². The van der Waals surface area contributed by atoms with Crippen LogP contribution in [0.2, 0.25) is 0 Å². The van der Waals surface area contributed by atoms with E-state index in [0.29, 0.717) is 25.7 Å². The van der Waals surface area contributed by atoms with Gasteiger partial charge in [-0.3, -0.25) is 37.3 Å². The molecule has 3 N–H and O–H groups in total. The summed E-state index contributed by atoms with van der Waals surface area (Å²) in [5.74, 6) is -2.11. The molecule has 0 aromatic heterocycles. The SMILES string of the molecule is CCCCCCCCCCCCCCCCCCCCCCC(=O)O[C@H](COC(=O)CCCCCCCCCCCCCCCCCCC)COP(=O)(O)OC[C@@H](O)COP(=O)(O)OC[C@@H](COC(=O)CCCCCCCCCC)OC(=O)CCCCCCCCCCCCCCC. The number of carbonyl (C=O) groups is 4. The Morgan fingerprint density at radius 3 is 0.602 bits per heavy atom. The minimum absolute atomic E-state index is 0.108. The highest BCUT2D eigenvalue weighted by Gasteiger charge is 2.30. The van der Waals surface area contributed by atoms with E-state index >= 15 is 0 Å². The molecule has 0 aromatic rings. The average molecular weight is 1440 g/mol. The van der Waals surface area contributed by atoms with E-state index in [1.165, 1.54) is 257 Å². The summed E-state index contributed by atoms with van der Waals surface area (Å²) in [6.07, 6.45) is 65.3. The number of phosphoric ester groups is 2. The molecule has 0 bridgehead atoms. The third-order valence-corrected chi connectivity index (χ3v) is 20.5. The van der Waals surface area contributed by atoms with Gasteiger partial charge in [-0.05, 0) is 25.7 Å². The van der Waals surface area contributed by atoms with Crippen molar-refractivity contribution >= 4 is 39.5 Å². The molecule has 582 valence electrons. The van der Waals surface area contributed by atoms with Crippen LogP contribution in [-0.2, 0) is 65.4 Å². The van der Waals surface area contributed by atoms with Crippen molar-refractivity contribution in [2.24, 2.45) is 0 Å². The van der Waals surface area contributed by atoms with Gasteiger partial charge in [0.25, 0.3) is 0 Å². The lowest BCUT2D eigenvalue weighted by atomic mass is 10.0. The van der Waals surface area contributed by atoms with Crippen molar-refractivity contribution < 1.29 is 80.2 Å². The van der Waals surface area contributed by atoms with E-state index in [4.69, 9.17) is 37.0 Å². The minimum Gasteiger partial charge on any atom is -0.462 e. The Bertz CT molecular complexity index is 1860. The molecule has 0 aliphatic rings. The molecule has 2 unspecified atom stereocenters. The predicted octanol–water partition coefficient (Wildman–Crippen LogP) is 23.8. The van der Waals surface area contributed by atoms with Crippen molar-refractivity contribution in [2.45, 2.75) is 444 Å². The highest BCUT2D eigenvalue weighted by Crippen LogP contribution is 2.45. The van der Waals surface area contributed by atoms with E-state index in [1.807, 2.05) is 0 Å². The summed E-state index contributed by atoms with van der Waals surface area (Å²) in [6.45, 7) is 4.99. The molecule has 17 nitrogen and oxygen atoms in total. The molecule has 0 saturated heterocycles. The van der Waals surface area contributed by atoms with Gasteiger partial charge in [-0.25, -0.2) is 9.13 Å². The number of aliphatic hydroxyl groups excluding tert-OH is 1. The van der Waals surface area contributed by atoms with Gasteiger partial charge in [-0.15, -0.1) is 0 Å². The van der Waals surface area contributed by atoms with Gasteiger partial charge in [-0.1, -0.05) is 374 Å². The van der Waals surface area contributed by atoms with Gasteiger partial charge in [0.05, 0.1) is 26.4 Å². The number of hydrogen-bond acceptors (Lipinski definition) is 15. The maximum absolute atomic E-state index is 13.1. The lowest BCUT2D eigenvalue weighted by Gasteiger charge is -2.21. The number of phosphoric acid groups is 2. The summed E-state index contributed by atoms with van der Waals surface area (Å²) in [6, 6.07) is 0. The Balaban J connectivity index is 5.19. The fourth-order valence-electron chi connectivity index (χ4n) is 12.3. The number of hydrogen-bond donors (Lipinski definition) is 3. The van der Waals surface area contributed by atoms with Gasteiger partial charge in [0.1, 0.15) is 19.3 Å². The fraction of sp³-hybridized carbons (Fsp3) is 0.949. The van der Waals surface area contributed by atoms with Gasteiger partial charge in [-0.2, -0.15) is 0 Å². The molecule has 0 rings (SSSR count). The zero-order valence-corrected chi connectivity index (χ0v) is 65.6. The molecule has 19 heteroatoms. The molecule has 0 aliphatic carbocycles. The normalized spacial score (nSPS) is 13.8. The van der Waals surface area contributed by atoms with Crippen LogP contribution >= 0.6 is 15.6 Å². The van der Waals surface area contributed by atoms with Crippen LogP contribution < -0.4 is 0 Å². The molecular formula is C79H154O17P2. The van der Waals surface area contributed by atoms with Gasteiger partial charge in [0.2, 0.25) is 0 Å². The standard InChI is InChI=1S/C79H154O17P2/c1-5-9-13-17-21-25-28-31-33-35-36-37-39-41-44-47-50-54-58-62-66-79(84)96-75(70-90-77(82)64-60-56-52-48-45-43-40-38-34-32-29-26-22-18-14-10-6-2)72-94-98(87,88)92-68-73(80)67-91-97(85,86)93-71-74(69-89-76(81)63-59-55-51-24-20-16-12-8-4)95-78(83)65-61-57-53-49-46-42-30-27-23-19-15-11-7-3/h73-75,80H,5-72H2,1-4H3,(H,85,86)(H,87,88)/t73-,74+,75+/m0/s1. The van der Waals surface area contributed by atoms with Crippen molar-refractivity contribution in [3.05, 3.63) is 0 Å². The van der Waals surface area contributed by atoms with Crippen molar-refractivity contribution in [2.75, 3.05) is 39.6 Å². The van der Waals surface area contributed by atoms with Crippen LogP contribution in [0.5, 0.6) is 0 Å². The maximum atomic E-state index is 13.1. The number of rotatable bonds is 80. The van der Waals surface area contributed by atoms with Crippen LogP contribution in [0.4, 0.5) is 0 Å². The van der Waals surface area contributed by atoms with Crippen molar-refractivity contribution in [1.29, 1.82) is 0 Å². The number of ether oxygens (including phenoxy) is 4. The number of carbonyl (C=O) groups excluding carboxylic acids is 4. The molecule has 0 aliphatic heterocycles. The van der Waals surface area contributed by atoms with E-state index in [9.17, 15) is 43.2 Å². The smallest absolute Gasteiger partial charge is 0.462 e. The van der Waals surface area contributed by atoms with Crippen LogP contribution in [0.1, 0.15) is 426 Å². The number of aliphatic hydroxyl groups is 1. The predicted molar refractivity (Wildman–Crippen MR) is 400 cm³/mol. The third kappa shape index (κ3) is 72.4. The van der Waals surface area contributed by atoms with Gasteiger partial charge < -0.3 is 33.8 Å². The van der Waals surface area contributed by atoms with Crippen LogP contribution in [0.3, 0.4) is 0 Å². The topological polar surface area (TPSA) is 237 Å². The molecule has 0 fully saturated rings. The Morgan fingerprint density at radius 1 is 0.245 bits per heavy atom. The first kappa shape index (κ1) is 96.1. The van der Waals surface area contributed by atoms with Crippen molar-refractivity contribution in [3.8, 4) is 0 Å². The molecule has 0 saturated carbocycles. The Labute approximate surface area is 600 Å². The lowest BCUT2D eigenvalue weighted by Crippen LogP contribution is -2.30. The van der Waals surface area contributed by atoms with E-state index in [-0.39, 0.29) is 25.7 Å². The minimum atomic E-state index is -4.96. The highest BCUT2D eigenvalue weighted by atomic mass is 31.2. The second kappa shape index (κ2) is 73.4. The molecule has 0 radical (unpaired) electrons. The van der Waals surface area contributed by atoms with Gasteiger partial charge in [0.15, 0.2) is 12.2 Å². The van der Waals surface area contributed by atoms with E-state index in [1.54, 1.807) is 0 Å². The van der Waals surface area contributed by atoms with Crippen LogP contribution in [-0.4, -0.2) is 96.7 Å². The zero-order valence-electron chi connectivity index (χ0n) is 63.8. The van der Waals surface area contributed by atoms with E-state index in [2.05, 4.69) is 27.7 Å². The van der Waals surface area contributed by atoms with Crippen LogP contribution in [0, 0.1) is 0 Å². The monoisotopic (exact) mass is 1440 g/mol. The fourth-order valence-corrected chi connectivity index (χ4v) is 13.9. The summed E-state index contributed by atoms with van der Waals surface area (Å²) in [5, 5.41) is 10.6. The molecule has 5 atom stereocenters.